The topological polar surface area (TPSA) is 12.0 Å². The lowest BCUT2D eigenvalue weighted by Gasteiger charge is -2.21. The van der Waals surface area contributed by atoms with Gasteiger partial charge in [0, 0.05) is 29.2 Å². The highest BCUT2D eigenvalue weighted by atomic mass is 35.5. The van der Waals surface area contributed by atoms with E-state index in [0.717, 1.165) is 5.69 Å². The smallest absolute Gasteiger partial charge is 0.129 e. The third-order valence-corrected chi connectivity index (χ3v) is 2.30. The van der Waals surface area contributed by atoms with Crippen molar-refractivity contribution in [2.24, 2.45) is 0 Å². The second-order valence-electron chi connectivity index (χ2n) is 2.91. The van der Waals surface area contributed by atoms with Gasteiger partial charge in [0.25, 0.3) is 0 Å². The predicted molar refractivity (Wildman–Crippen MR) is 48.4 cm³/mol. The molecule has 0 aliphatic carbocycles. The maximum absolute atomic E-state index is 13.3. The molecule has 0 fully saturated rings. The molecule has 2 rings (SSSR count). The van der Waals surface area contributed by atoms with Gasteiger partial charge in [-0.25, -0.2) is 4.39 Å². The van der Waals surface area contributed by atoms with E-state index in [1.54, 1.807) is 12.1 Å². The Labute approximate surface area is 75.5 Å². The molecule has 0 saturated carbocycles. The Bertz CT molecular complexity index is 301. The minimum absolute atomic E-state index is 0.535. The number of alkyl halides is 1. The van der Waals surface area contributed by atoms with E-state index in [9.17, 15) is 4.39 Å². The Hall–Kier alpha value is -0.760. The number of hydrogen-bond donors (Lipinski definition) is 1. The third-order valence-electron chi connectivity index (χ3n) is 2.06. The number of fused-ring (bicyclic) bond motifs is 1. The van der Waals surface area contributed by atoms with Crippen LogP contribution in [0.4, 0.5) is 10.1 Å². The zero-order chi connectivity index (χ0) is 8.55. The number of benzene rings is 1. The van der Waals surface area contributed by atoms with Crippen molar-refractivity contribution < 1.29 is 4.39 Å². The molecule has 1 aromatic rings. The van der Waals surface area contributed by atoms with E-state index in [1.807, 2.05) is 6.07 Å². The van der Waals surface area contributed by atoms with Crippen LogP contribution in [0.15, 0.2) is 18.2 Å². The lowest BCUT2D eigenvalue weighted by atomic mass is 10.0. The molecule has 0 aromatic heterocycles. The number of halogens is 2. The van der Waals surface area contributed by atoms with E-state index in [0.29, 0.717) is 23.6 Å². The van der Waals surface area contributed by atoms with Crippen molar-refractivity contribution in [1.29, 1.82) is 0 Å². The van der Waals surface area contributed by atoms with Crippen LogP contribution in [0.1, 0.15) is 18.2 Å². The first kappa shape index (κ1) is 7.87. The largest absolute Gasteiger partial charge is 0.385 e. The first-order valence-corrected chi connectivity index (χ1v) is 4.32. The normalized spacial score (nSPS) is 21.3. The Kier molecular flexibility index (Phi) is 1.93. The predicted octanol–water partition coefficient (Wildman–Crippen LogP) is 3.17. The van der Waals surface area contributed by atoms with Crippen molar-refractivity contribution in [2.75, 3.05) is 11.9 Å². The fraction of sp³-hybridized carbons (Fsp3) is 0.333. The van der Waals surface area contributed by atoms with Gasteiger partial charge < -0.3 is 5.32 Å². The van der Waals surface area contributed by atoms with E-state index >= 15 is 0 Å². The molecule has 64 valence electrons. The highest BCUT2D eigenvalue weighted by molar-refractivity contribution is 6.30. The molecule has 12 heavy (non-hydrogen) atoms. The molecule has 1 aliphatic heterocycles. The summed E-state index contributed by atoms with van der Waals surface area (Å²) >= 11 is 5.75. The highest BCUT2D eigenvalue weighted by Gasteiger charge is 2.18. The van der Waals surface area contributed by atoms with E-state index in [1.165, 1.54) is 0 Å². The Morgan fingerprint density at radius 2 is 2.33 bits per heavy atom. The number of hydrogen-bond acceptors (Lipinski definition) is 1. The van der Waals surface area contributed by atoms with Crippen LogP contribution < -0.4 is 5.32 Å². The van der Waals surface area contributed by atoms with Crippen molar-refractivity contribution in [3.63, 3.8) is 0 Å². The van der Waals surface area contributed by atoms with Crippen LogP contribution in [0.2, 0.25) is 5.02 Å². The van der Waals surface area contributed by atoms with Crippen molar-refractivity contribution in [3.8, 4) is 0 Å². The van der Waals surface area contributed by atoms with Crippen LogP contribution in [0.25, 0.3) is 0 Å². The molecule has 1 nitrogen and oxygen atoms in total. The van der Waals surface area contributed by atoms with Crippen molar-refractivity contribution in [1.82, 2.24) is 0 Å². The maximum Gasteiger partial charge on any atom is 0.129 e. The molecule has 1 N–H and O–H groups in total. The van der Waals surface area contributed by atoms with Gasteiger partial charge >= 0.3 is 0 Å². The summed E-state index contributed by atoms with van der Waals surface area (Å²) in [6.45, 7) is 0.704. The minimum atomic E-state index is -0.861. The molecule has 0 bridgehead atoms. The van der Waals surface area contributed by atoms with E-state index in [4.69, 9.17) is 11.6 Å². The van der Waals surface area contributed by atoms with Gasteiger partial charge in [0.2, 0.25) is 0 Å². The maximum atomic E-state index is 13.3. The molecule has 3 heteroatoms. The molecule has 0 radical (unpaired) electrons. The molecule has 1 heterocycles. The third kappa shape index (κ3) is 1.27. The van der Waals surface area contributed by atoms with Crippen LogP contribution in [0, 0.1) is 0 Å². The molecule has 0 spiro atoms. The van der Waals surface area contributed by atoms with Crippen LogP contribution in [-0.2, 0) is 0 Å². The van der Waals surface area contributed by atoms with Crippen LogP contribution >= 0.6 is 11.6 Å². The lowest BCUT2D eigenvalue weighted by molar-refractivity contribution is 0.325. The van der Waals surface area contributed by atoms with Gasteiger partial charge in [0.05, 0.1) is 0 Å². The second kappa shape index (κ2) is 2.94. The molecular weight excluding hydrogens is 177 g/mol. The molecule has 1 atom stereocenters. The SMILES string of the molecule is FC1CCNc2ccc(Cl)cc21. The highest BCUT2D eigenvalue weighted by Crippen LogP contribution is 2.33. The van der Waals surface area contributed by atoms with E-state index in [2.05, 4.69) is 5.32 Å². The summed E-state index contributed by atoms with van der Waals surface area (Å²) in [4.78, 5) is 0. The molecule has 0 amide bonds. The summed E-state index contributed by atoms with van der Waals surface area (Å²) in [5, 5.41) is 3.72. The fourth-order valence-electron chi connectivity index (χ4n) is 1.44. The van der Waals surface area contributed by atoms with E-state index in [-0.39, 0.29) is 0 Å². The van der Waals surface area contributed by atoms with Gasteiger partial charge in [-0.05, 0) is 18.2 Å². The summed E-state index contributed by atoms with van der Waals surface area (Å²) in [6, 6.07) is 5.28. The van der Waals surface area contributed by atoms with Crippen LogP contribution in [0.3, 0.4) is 0 Å². The fourth-order valence-corrected chi connectivity index (χ4v) is 1.62. The summed E-state index contributed by atoms with van der Waals surface area (Å²) in [6.07, 6.45) is -0.326. The first-order valence-electron chi connectivity index (χ1n) is 3.95. The quantitative estimate of drug-likeness (QED) is 0.655. The molecule has 1 aliphatic rings. The Morgan fingerprint density at radius 3 is 3.17 bits per heavy atom. The zero-order valence-electron chi connectivity index (χ0n) is 6.48. The monoisotopic (exact) mass is 185 g/mol. The van der Waals surface area contributed by atoms with Crippen molar-refractivity contribution >= 4 is 17.3 Å². The van der Waals surface area contributed by atoms with Gasteiger partial charge in [-0.15, -0.1) is 0 Å². The Morgan fingerprint density at radius 1 is 1.50 bits per heavy atom. The number of nitrogens with one attached hydrogen (secondary N) is 1. The van der Waals surface area contributed by atoms with E-state index < -0.39 is 6.17 Å². The minimum Gasteiger partial charge on any atom is -0.385 e. The van der Waals surface area contributed by atoms with Gasteiger partial charge in [-0.2, -0.15) is 0 Å². The van der Waals surface area contributed by atoms with Crippen molar-refractivity contribution in [2.45, 2.75) is 12.6 Å². The molecule has 1 unspecified atom stereocenters. The van der Waals surface area contributed by atoms with Crippen LogP contribution in [-0.4, -0.2) is 6.54 Å². The lowest BCUT2D eigenvalue weighted by Crippen LogP contribution is -2.13. The standard InChI is InChI=1S/C9H9ClFN/c10-6-1-2-9-7(5-6)8(11)3-4-12-9/h1-2,5,8,12H,3-4H2. The summed E-state index contributed by atoms with van der Waals surface area (Å²) in [7, 11) is 0. The summed E-state index contributed by atoms with van der Waals surface area (Å²) in [5.74, 6) is 0. The van der Waals surface area contributed by atoms with Crippen molar-refractivity contribution in [3.05, 3.63) is 28.8 Å². The summed E-state index contributed by atoms with van der Waals surface area (Å²) in [5.41, 5.74) is 1.56. The first-order chi connectivity index (χ1) is 5.77. The van der Waals surface area contributed by atoms with Gasteiger partial charge in [-0.1, -0.05) is 11.6 Å². The summed E-state index contributed by atoms with van der Waals surface area (Å²) < 4.78 is 13.3. The second-order valence-corrected chi connectivity index (χ2v) is 3.35. The average molecular weight is 186 g/mol. The van der Waals surface area contributed by atoms with Crippen LogP contribution in [0.5, 0.6) is 0 Å². The molecule has 0 saturated heterocycles. The Balaban J connectivity index is 2.47. The number of rotatable bonds is 0. The van der Waals surface area contributed by atoms with Gasteiger partial charge in [-0.3, -0.25) is 0 Å². The molecule has 1 aromatic carbocycles. The van der Waals surface area contributed by atoms with Gasteiger partial charge in [0.15, 0.2) is 0 Å². The number of anilines is 1. The van der Waals surface area contributed by atoms with Gasteiger partial charge in [0.1, 0.15) is 6.17 Å². The molecular formula is C9H9ClFN. The average Bonchev–Trinajstić information content (AvgIpc) is 2.07. The zero-order valence-corrected chi connectivity index (χ0v) is 7.24.